The van der Waals surface area contributed by atoms with Gasteiger partial charge in [-0.05, 0) is 26.7 Å². The molecule has 0 saturated heterocycles. The quantitative estimate of drug-likeness (QED) is 0.476. The molecule has 0 aromatic heterocycles. The van der Waals surface area contributed by atoms with E-state index in [2.05, 4.69) is 34.3 Å². The van der Waals surface area contributed by atoms with Gasteiger partial charge in [0.2, 0.25) is 0 Å². The highest BCUT2D eigenvalue weighted by Crippen LogP contribution is 2.69. The Balaban J connectivity index is 2.51. The summed E-state index contributed by atoms with van der Waals surface area (Å²) >= 11 is 0. The van der Waals surface area contributed by atoms with Gasteiger partial charge < -0.3 is 0 Å². The van der Waals surface area contributed by atoms with Crippen LogP contribution in [0.2, 0.25) is 0 Å². The number of hydrogen-bond acceptors (Lipinski definition) is 0. The Morgan fingerprint density at radius 3 is 1.67 bits per heavy atom. The molecule has 1 fully saturated rings. The standard InChI is InChI=1S/C12H18/c1-8-6-11(4)9(2)10(3)12(11,5)7-8/h1,6-7H2,2-5H3. The molecule has 0 heteroatoms. The van der Waals surface area contributed by atoms with Gasteiger partial charge in [-0.3, -0.25) is 0 Å². The van der Waals surface area contributed by atoms with Crippen molar-refractivity contribution >= 4 is 0 Å². The molecule has 12 heavy (non-hydrogen) atoms. The van der Waals surface area contributed by atoms with E-state index in [1.165, 1.54) is 18.4 Å². The van der Waals surface area contributed by atoms with Gasteiger partial charge in [-0.2, -0.15) is 0 Å². The molecular weight excluding hydrogens is 144 g/mol. The van der Waals surface area contributed by atoms with Crippen LogP contribution in [0, 0.1) is 10.8 Å². The predicted molar refractivity (Wildman–Crippen MR) is 53.0 cm³/mol. The molecule has 2 atom stereocenters. The van der Waals surface area contributed by atoms with Crippen LogP contribution in [-0.4, -0.2) is 0 Å². The predicted octanol–water partition coefficient (Wildman–Crippen LogP) is 3.70. The second-order valence-corrected chi connectivity index (χ2v) is 5.02. The zero-order chi connectivity index (χ0) is 9.15. The minimum absolute atomic E-state index is 0.453. The first-order valence-electron chi connectivity index (χ1n) is 4.77. The summed E-state index contributed by atoms with van der Waals surface area (Å²) in [6, 6.07) is 0. The molecule has 0 N–H and O–H groups in total. The van der Waals surface area contributed by atoms with Gasteiger partial charge in [0.05, 0.1) is 0 Å². The maximum Gasteiger partial charge on any atom is 0.00146 e. The van der Waals surface area contributed by atoms with Crippen molar-refractivity contribution in [2.45, 2.75) is 40.5 Å². The van der Waals surface area contributed by atoms with Gasteiger partial charge in [-0.15, -0.1) is 0 Å². The molecule has 0 nitrogen and oxygen atoms in total. The fourth-order valence-electron chi connectivity index (χ4n) is 3.31. The van der Waals surface area contributed by atoms with Gasteiger partial charge in [0.25, 0.3) is 0 Å². The summed E-state index contributed by atoms with van der Waals surface area (Å²) in [4.78, 5) is 0. The first-order valence-corrected chi connectivity index (χ1v) is 4.77. The summed E-state index contributed by atoms with van der Waals surface area (Å²) in [5, 5.41) is 0. The molecule has 2 aliphatic carbocycles. The van der Waals surface area contributed by atoms with Crippen LogP contribution in [0.5, 0.6) is 0 Å². The third-order valence-electron chi connectivity index (χ3n) is 4.64. The van der Waals surface area contributed by atoms with E-state index in [4.69, 9.17) is 0 Å². The normalized spacial score (nSPS) is 46.2. The summed E-state index contributed by atoms with van der Waals surface area (Å²) in [6.07, 6.45) is 2.43. The second-order valence-electron chi connectivity index (χ2n) is 5.02. The van der Waals surface area contributed by atoms with Crippen molar-refractivity contribution in [2.24, 2.45) is 10.8 Å². The van der Waals surface area contributed by atoms with Gasteiger partial charge >= 0.3 is 0 Å². The molecular formula is C12H18. The molecule has 66 valence electrons. The average molecular weight is 162 g/mol. The summed E-state index contributed by atoms with van der Waals surface area (Å²) < 4.78 is 0. The fourth-order valence-corrected chi connectivity index (χ4v) is 3.31. The Morgan fingerprint density at radius 2 is 1.33 bits per heavy atom. The molecule has 0 heterocycles. The lowest BCUT2D eigenvalue weighted by atomic mass is 9.50. The average Bonchev–Trinajstić information content (AvgIpc) is 2.20. The van der Waals surface area contributed by atoms with Gasteiger partial charge in [0.1, 0.15) is 0 Å². The molecule has 2 rings (SSSR count). The highest BCUT2D eigenvalue weighted by Gasteiger charge is 2.59. The molecule has 2 unspecified atom stereocenters. The second kappa shape index (κ2) is 1.86. The molecule has 0 aromatic rings. The van der Waals surface area contributed by atoms with Crippen molar-refractivity contribution in [1.29, 1.82) is 0 Å². The maximum absolute atomic E-state index is 4.13. The number of rotatable bonds is 0. The van der Waals surface area contributed by atoms with E-state index in [0.717, 1.165) is 0 Å². The van der Waals surface area contributed by atoms with Crippen molar-refractivity contribution in [3.8, 4) is 0 Å². The molecule has 0 aromatic carbocycles. The molecule has 0 radical (unpaired) electrons. The number of hydrogen-bond donors (Lipinski definition) is 0. The third-order valence-corrected chi connectivity index (χ3v) is 4.64. The maximum atomic E-state index is 4.13. The van der Waals surface area contributed by atoms with Crippen LogP contribution in [0.25, 0.3) is 0 Å². The summed E-state index contributed by atoms with van der Waals surface area (Å²) in [5.74, 6) is 0. The van der Waals surface area contributed by atoms with E-state index in [9.17, 15) is 0 Å². The topological polar surface area (TPSA) is 0 Å². The lowest BCUT2D eigenvalue weighted by Gasteiger charge is -2.53. The van der Waals surface area contributed by atoms with Crippen LogP contribution in [0.3, 0.4) is 0 Å². The van der Waals surface area contributed by atoms with Gasteiger partial charge in [0, 0.05) is 10.8 Å². The molecule has 1 saturated carbocycles. The van der Waals surface area contributed by atoms with Crippen LogP contribution < -0.4 is 0 Å². The summed E-state index contributed by atoms with van der Waals surface area (Å²) in [5.41, 5.74) is 5.58. The van der Waals surface area contributed by atoms with Crippen molar-refractivity contribution in [3.63, 3.8) is 0 Å². The zero-order valence-electron chi connectivity index (χ0n) is 8.62. The fraction of sp³-hybridized carbons (Fsp3) is 0.667. The van der Waals surface area contributed by atoms with E-state index in [0.29, 0.717) is 10.8 Å². The van der Waals surface area contributed by atoms with E-state index >= 15 is 0 Å². The van der Waals surface area contributed by atoms with Crippen molar-refractivity contribution in [2.75, 3.05) is 0 Å². The van der Waals surface area contributed by atoms with Crippen molar-refractivity contribution in [3.05, 3.63) is 23.3 Å². The first kappa shape index (κ1) is 8.10. The molecule has 0 bridgehead atoms. The smallest absolute Gasteiger partial charge is 0.00146 e. The lowest BCUT2D eigenvalue weighted by molar-refractivity contribution is 0.142. The first-order chi connectivity index (χ1) is 5.42. The summed E-state index contributed by atoms with van der Waals surface area (Å²) in [7, 11) is 0. The summed E-state index contributed by atoms with van der Waals surface area (Å²) in [6.45, 7) is 13.5. The van der Waals surface area contributed by atoms with E-state index in [1.807, 2.05) is 0 Å². The largest absolute Gasteiger partial charge is 0.0998 e. The van der Waals surface area contributed by atoms with E-state index in [1.54, 1.807) is 11.1 Å². The minimum atomic E-state index is 0.453. The lowest BCUT2D eigenvalue weighted by Crippen LogP contribution is -2.44. The molecule has 2 aliphatic rings. The highest BCUT2D eigenvalue weighted by atomic mass is 14.6. The van der Waals surface area contributed by atoms with Crippen LogP contribution in [0.4, 0.5) is 0 Å². The molecule has 0 spiro atoms. The van der Waals surface area contributed by atoms with Crippen molar-refractivity contribution in [1.82, 2.24) is 0 Å². The Morgan fingerprint density at radius 1 is 1.00 bits per heavy atom. The van der Waals surface area contributed by atoms with Crippen LogP contribution in [0.15, 0.2) is 23.3 Å². The Hall–Kier alpha value is -0.520. The Kier molecular flexibility index (Phi) is 1.26. The Bertz CT molecular complexity index is 267. The van der Waals surface area contributed by atoms with Crippen LogP contribution >= 0.6 is 0 Å². The van der Waals surface area contributed by atoms with Crippen LogP contribution in [-0.2, 0) is 0 Å². The Labute approximate surface area is 75.4 Å². The minimum Gasteiger partial charge on any atom is -0.0998 e. The number of fused-ring (bicyclic) bond motifs is 1. The number of allylic oxidation sites excluding steroid dienone is 3. The van der Waals surface area contributed by atoms with Gasteiger partial charge in [-0.1, -0.05) is 37.1 Å². The highest BCUT2D eigenvalue weighted by molar-refractivity contribution is 5.46. The SMILES string of the molecule is C=C1CC2(C)C(C)=C(C)C2(C)C1. The third kappa shape index (κ3) is 0.573. The zero-order valence-corrected chi connectivity index (χ0v) is 8.62. The van der Waals surface area contributed by atoms with Crippen molar-refractivity contribution < 1.29 is 0 Å². The molecule has 0 amide bonds. The van der Waals surface area contributed by atoms with E-state index < -0.39 is 0 Å². The molecule has 0 aliphatic heterocycles. The van der Waals surface area contributed by atoms with Crippen LogP contribution in [0.1, 0.15) is 40.5 Å². The van der Waals surface area contributed by atoms with E-state index in [-0.39, 0.29) is 0 Å². The monoisotopic (exact) mass is 162 g/mol. The van der Waals surface area contributed by atoms with Gasteiger partial charge in [0.15, 0.2) is 0 Å². The van der Waals surface area contributed by atoms with Gasteiger partial charge in [-0.25, -0.2) is 0 Å².